The molecule has 1 aromatic carbocycles. The fourth-order valence-electron chi connectivity index (χ4n) is 0.516. The van der Waals surface area contributed by atoms with Crippen LogP contribution in [0.5, 0.6) is 0 Å². The summed E-state index contributed by atoms with van der Waals surface area (Å²) in [6.45, 7) is 0. The average Bonchev–Trinajstić information content (AvgIpc) is 1.90. The predicted octanol–water partition coefficient (Wildman–Crippen LogP) is 2.39. The highest BCUT2D eigenvalue weighted by molar-refractivity contribution is 9.10. The zero-order chi connectivity index (χ0) is 6.69. The Morgan fingerprint density at radius 3 is 2.22 bits per heavy atom. The summed E-state index contributed by atoms with van der Waals surface area (Å²) in [5.41, 5.74) is 0. The molecule has 0 fully saturated rings. The zero-order valence-electron chi connectivity index (χ0n) is 4.63. The first-order valence-electron chi connectivity index (χ1n) is 2.46. The highest BCUT2D eigenvalue weighted by Crippen LogP contribution is 2.09. The van der Waals surface area contributed by atoms with E-state index in [1.165, 1.54) is 0 Å². The van der Waals surface area contributed by atoms with Crippen molar-refractivity contribution in [3.05, 3.63) is 28.7 Å². The van der Waals surface area contributed by atoms with Crippen LogP contribution in [0.1, 0.15) is 0 Å². The van der Waals surface area contributed by atoms with Gasteiger partial charge in [-0.05, 0) is 24.3 Å². The fourth-order valence-corrected chi connectivity index (χ4v) is 1.08. The molecule has 0 radical (unpaired) electrons. The maximum atomic E-state index is 6.97. The quantitative estimate of drug-likeness (QED) is 0.656. The van der Waals surface area contributed by atoms with Crippen molar-refractivity contribution < 1.29 is 0 Å². The van der Waals surface area contributed by atoms with Gasteiger partial charge in [0.1, 0.15) is 0 Å². The summed E-state index contributed by atoms with van der Waals surface area (Å²) in [7, 11) is 0. The van der Waals surface area contributed by atoms with Crippen molar-refractivity contribution in [3.63, 3.8) is 0 Å². The summed E-state index contributed by atoms with van der Waals surface area (Å²) in [6.07, 6.45) is 0. The van der Waals surface area contributed by atoms with Gasteiger partial charge in [0.25, 0.3) is 0 Å². The Morgan fingerprint density at radius 2 is 1.78 bits per heavy atom. The van der Waals surface area contributed by atoms with Crippen molar-refractivity contribution in [2.45, 2.75) is 4.90 Å². The highest BCUT2D eigenvalue weighted by Gasteiger charge is 1.84. The van der Waals surface area contributed by atoms with Gasteiger partial charge in [-0.25, -0.2) is 0 Å². The molecule has 48 valence electrons. The van der Waals surface area contributed by atoms with Gasteiger partial charge >= 0.3 is 0 Å². The minimum atomic E-state index is 0.581. The van der Waals surface area contributed by atoms with Crippen molar-refractivity contribution in [2.75, 3.05) is 0 Å². The van der Waals surface area contributed by atoms with E-state index in [0.717, 1.165) is 9.37 Å². The minimum Gasteiger partial charge on any atom is -0.279 e. The fraction of sp³-hybridized carbons (Fsp3) is 0. The number of rotatable bonds is 1. The molecule has 0 atom stereocenters. The molecule has 0 aliphatic heterocycles. The van der Waals surface area contributed by atoms with Gasteiger partial charge in [0, 0.05) is 9.37 Å². The summed E-state index contributed by atoms with van der Waals surface area (Å²) in [5, 5.41) is 0. The largest absolute Gasteiger partial charge is 0.279 e. The van der Waals surface area contributed by atoms with E-state index in [0.29, 0.717) is 11.6 Å². The molecule has 0 unspecified atom stereocenters. The van der Waals surface area contributed by atoms with Crippen molar-refractivity contribution in [1.82, 2.24) is 0 Å². The predicted molar refractivity (Wildman–Crippen MR) is 43.9 cm³/mol. The maximum Gasteiger partial charge on any atom is 0.0176 e. The normalized spacial score (nSPS) is 9.44. The van der Waals surface area contributed by atoms with Gasteiger partial charge in [-0.2, -0.15) is 0 Å². The molecular weight excluding hydrogens is 198 g/mol. The SMILES string of the molecule is N=[SH]c1ccc(Br)cc1. The van der Waals surface area contributed by atoms with Crippen LogP contribution < -0.4 is 0 Å². The highest BCUT2D eigenvalue weighted by atomic mass is 79.9. The van der Waals surface area contributed by atoms with E-state index in [4.69, 9.17) is 4.78 Å². The van der Waals surface area contributed by atoms with Crippen molar-refractivity contribution in [1.29, 1.82) is 4.78 Å². The van der Waals surface area contributed by atoms with Gasteiger partial charge in [0.05, 0.1) is 0 Å². The molecule has 0 heterocycles. The van der Waals surface area contributed by atoms with E-state index in [1.54, 1.807) is 0 Å². The Hall–Kier alpha value is -0.150. The van der Waals surface area contributed by atoms with Crippen LogP contribution in [0, 0.1) is 4.78 Å². The minimum absolute atomic E-state index is 0.581. The van der Waals surface area contributed by atoms with Gasteiger partial charge in [-0.1, -0.05) is 27.5 Å². The van der Waals surface area contributed by atoms with E-state index >= 15 is 0 Å². The Balaban J connectivity index is 3.01. The zero-order valence-corrected chi connectivity index (χ0v) is 7.12. The topological polar surface area (TPSA) is 23.9 Å². The second-order valence-electron chi connectivity index (χ2n) is 1.59. The molecule has 1 aromatic rings. The van der Waals surface area contributed by atoms with E-state index < -0.39 is 0 Å². The lowest BCUT2D eigenvalue weighted by Gasteiger charge is -1.89. The van der Waals surface area contributed by atoms with Crippen LogP contribution in [0.25, 0.3) is 0 Å². The first-order valence-corrected chi connectivity index (χ1v) is 4.14. The van der Waals surface area contributed by atoms with Crippen LogP contribution in [0.3, 0.4) is 0 Å². The Morgan fingerprint density at radius 1 is 1.22 bits per heavy atom. The molecule has 1 rings (SSSR count). The standard InChI is InChI=1S/C6H6BrNS/c7-5-1-3-6(9-8)4-2-5/h1-4,8-9H. The number of halogens is 1. The summed E-state index contributed by atoms with van der Waals surface area (Å²) in [5.74, 6) is 0. The lowest BCUT2D eigenvalue weighted by Crippen LogP contribution is -1.69. The van der Waals surface area contributed by atoms with Crippen molar-refractivity contribution in [3.8, 4) is 0 Å². The molecule has 0 aromatic heterocycles. The second-order valence-corrected chi connectivity index (χ2v) is 3.24. The van der Waals surface area contributed by atoms with Crippen LogP contribution in [-0.2, 0) is 11.6 Å². The molecule has 0 aliphatic carbocycles. The third kappa shape index (κ3) is 1.91. The van der Waals surface area contributed by atoms with Crippen molar-refractivity contribution >= 4 is 27.5 Å². The van der Waals surface area contributed by atoms with Crippen LogP contribution in [0.2, 0.25) is 0 Å². The Labute approximate surface area is 66.1 Å². The second kappa shape index (κ2) is 3.13. The molecule has 0 saturated heterocycles. The third-order valence-corrected chi connectivity index (χ3v) is 2.04. The average molecular weight is 204 g/mol. The smallest absolute Gasteiger partial charge is 0.0176 e. The van der Waals surface area contributed by atoms with E-state index in [2.05, 4.69) is 15.9 Å². The van der Waals surface area contributed by atoms with Crippen LogP contribution in [-0.4, -0.2) is 0 Å². The molecular formula is C6H6BrNS. The molecule has 0 aliphatic rings. The van der Waals surface area contributed by atoms with Crippen LogP contribution >= 0.6 is 15.9 Å². The van der Waals surface area contributed by atoms with E-state index in [-0.39, 0.29) is 0 Å². The van der Waals surface area contributed by atoms with Gasteiger partial charge in [0.15, 0.2) is 0 Å². The molecule has 1 N–H and O–H groups in total. The van der Waals surface area contributed by atoms with E-state index in [1.807, 2.05) is 24.3 Å². The maximum absolute atomic E-state index is 6.97. The van der Waals surface area contributed by atoms with Crippen molar-refractivity contribution in [2.24, 2.45) is 0 Å². The number of thiol groups is 1. The molecule has 3 heteroatoms. The lowest BCUT2D eigenvalue weighted by atomic mass is 10.4. The lowest BCUT2D eigenvalue weighted by molar-refractivity contribution is 1.43. The Kier molecular flexibility index (Phi) is 2.42. The number of benzene rings is 1. The van der Waals surface area contributed by atoms with E-state index in [9.17, 15) is 0 Å². The summed E-state index contributed by atoms with van der Waals surface area (Å²) in [6, 6.07) is 7.74. The molecule has 9 heavy (non-hydrogen) atoms. The molecule has 1 nitrogen and oxygen atoms in total. The van der Waals surface area contributed by atoms with Gasteiger partial charge in [-0.15, -0.1) is 0 Å². The third-order valence-electron chi connectivity index (χ3n) is 0.956. The molecule has 0 saturated carbocycles. The number of hydrogen-bond acceptors (Lipinski definition) is 1. The monoisotopic (exact) mass is 203 g/mol. The number of nitrogens with one attached hydrogen (secondary N) is 1. The molecule has 0 amide bonds. The summed E-state index contributed by atoms with van der Waals surface area (Å²) in [4.78, 5) is 1.03. The molecule has 0 spiro atoms. The van der Waals surface area contributed by atoms with Gasteiger partial charge in [0.2, 0.25) is 0 Å². The first-order chi connectivity index (χ1) is 4.33. The summed E-state index contributed by atoms with van der Waals surface area (Å²) < 4.78 is 8.04. The molecule has 0 bridgehead atoms. The van der Waals surface area contributed by atoms with Gasteiger partial charge < -0.3 is 0 Å². The first kappa shape index (κ1) is 6.96. The van der Waals surface area contributed by atoms with Gasteiger partial charge in [-0.3, -0.25) is 4.78 Å². The summed E-state index contributed by atoms with van der Waals surface area (Å²) >= 11 is 3.89. The Bertz CT molecular complexity index is 207. The number of hydrogen-bond donors (Lipinski definition) is 2. The van der Waals surface area contributed by atoms with Crippen LogP contribution in [0.15, 0.2) is 33.6 Å². The van der Waals surface area contributed by atoms with Crippen LogP contribution in [0.4, 0.5) is 0 Å².